The number of aromatic nitrogens is 3. The van der Waals surface area contributed by atoms with Crippen LogP contribution in [0.2, 0.25) is 5.02 Å². The fourth-order valence-electron chi connectivity index (χ4n) is 1.97. The number of aryl methyl sites for hydroxylation is 2. The van der Waals surface area contributed by atoms with Crippen molar-refractivity contribution in [2.45, 2.75) is 20.6 Å². The van der Waals surface area contributed by atoms with E-state index in [1.54, 1.807) is 30.5 Å². The van der Waals surface area contributed by atoms with E-state index < -0.39 is 0 Å². The molecule has 0 saturated carbocycles. The highest BCUT2D eigenvalue weighted by Crippen LogP contribution is 2.28. The van der Waals surface area contributed by atoms with Gasteiger partial charge in [0, 0.05) is 16.1 Å². The fourth-order valence-corrected chi connectivity index (χ4v) is 3.58. The molecule has 0 aliphatic heterocycles. The van der Waals surface area contributed by atoms with Crippen LogP contribution in [0, 0.1) is 13.8 Å². The van der Waals surface area contributed by atoms with Crippen molar-refractivity contribution in [3.8, 4) is 5.75 Å². The van der Waals surface area contributed by atoms with Crippen molar-refractivity contribution in [3.63, 3.8) is 0 Å². The van der Waals surface area contributed by atoms with Crippen LogP contribution in [-0.2, 0) is 6.73 Å². The number of ether oxygens (including phenoxy) is 1. The van der Waals surface area contributed by atoms with Crippen LogP contribution in [0.5, 0.6) is 5.75 Å². The summed E-state index contributed by atoms with van der Waals surface area (Å²) in [5.74, 6) is 0.333. The quantitative estimate of drug-likeness (QED) is 0.625. The van der Waals surface area contributed by atoms with Gasteiger partial charge in [-0.1, -0.05) is 11.6 Å². The molecule has 0 spiro atoms. The second-order valence-electron chi connectivity index (χ2n) is 5.20. The maximum Gasteiger partial charge on any atom is 0.277 e. The van der Waals surface area contributed by atoms with Crippen molar-refractivity contribution < 1.29 is 9.53 Å². The molecule has 2 aromatic heterocycles. The summed E-state index contributed by atoms with van der Waals surface area (Å²) < 4.78 is 7.95. The maximum atomic E-state index is 12.2. The molecule has 0 fully saturated rings. The minimum Gasteiger partial charge on any atom is -0.470 e. The van der Waals surface area contributed by atoms with Crippen LogP contribution in [-0.4, -0.2) is 20.7 Å². The predicted octanol–water partition coefficient (Wildman–Crippen LogP) is 4.66. The monoisotopic (exact) mass is 440 g/mol. The number of halogens is 2. The molecule has 0 atom stereocenters. The first-order chi connectivity index (χ1) is 11.9. The Morgan fingerprint density at radius 1 is 1.40 bits per heavy atom. The van der Waals surface area contributed by atoms with E-state index in [1.807, 2.05) is 13.8 Å². The molecule has 0 aliphatic carbocycles. The topological polar surface area (TPSA) is 69.0 Å². The molecule has 3 rings (SSSR count). The smallest absolute Gasteiger partial charge is 0.277 e. The number of carbonyl (C=O) groups is 1. The van der Waals surface area contributed by atoms with Crippen LogP contribution in [0.3, 0.4) is 0 Å². The van der Waals surface area contributed by atoms with Crippen molar-refractivity contribution in [3.05, 3.63) is 56.2 Å². The first-order valence-corrected chi connectivity index (χ1v) is 9.28. The molecule has 130 valence electrons. The fraction of sp³-hybridized carbons (Fsp3) is 0.188. The molecule has 0 unspecified atom stereocenters. The lowest BCUT2D eigenvalue weighted by Crippen LogP contribution is -2.14. The van der Waals surface area contributed by atoms with Gasteiger partial charge in [-0.15, -0.1) is 11.3 Å². The highest BCUT2D eigenvalue weighted by Gasteiger charge is 2.13. The van der Waals surface area contributed by atoms with Crippen LogP contribution in [0.1, 0.15) is 21.1 Å². The van der Waals surface area contributed by atoms with Crippen molar-refractivity contribution in [2.24, 2.45) is 0 Å². The van der Waals surface area contributed by atoms with Gasteiger partial charge in [0.15, 0.2) is 17.6 Å². The predicted molar refractivity (Wildman–Crippen MR) is 102 cm³/mol. The molecule has 0 saturated heterocycles. The van der Waals surface area contributed by atoms with E-state index in [4.69, 9.17) is 16.3 Å². The van der Waals surface area contributed by atoms with E-state index in [0.29, 0.717) is 21.6 Å². The Bertz CT molecular complexity index is 905. The average molecular weight is 442 g/mol. The number of amides is 1. The SMILES string of the molecule is Cc1nc(NC(=O)c2ccn(COc3ccc(Cl)cc3Br)n2)sc1C. The second-order valence-corrected chi connectivity index (χ2v) is 7.70. The van der Waals surface area contributed by atoms with E-state index in [-0.39, 0.29) is 12.6 Å². The minimum atomic E-state index is -0.305. The van der Waals surface area contributed by atoms with E-state index in [9.17, 15) is 4.79 Å². The van der Waals surface area contributed by atoms with Gasteiger partial charge in [-0.3, -0.25) is 10.1 Å². The number of nitrogens with zero attached hydrogens (tertiary/aromatic N) is 3. The Labute approximate surface area is 161 Å². The summed E-state index contributed by atoms with van der Waals surface area (Å²) in [6, 6.07) is 6.87. The van der Waals surface area contributed by atoms with Gasteiger partial charge in [0.2, 0.25) is 0 Å². The molecular weight excluding hydrogens is 428 g/mol. The summed E-state index contributed by atoms with van der Waals surface area (Å²) in [7, 11) is 0. The molecule has 1 N–H and O–H groups in total. The molecule has 0 bridgehead atoms. The van der Waals surface area contributed by atoms with Gasteiger partial charge < -0.3 is 4.74 Å². The van der Waals surface area contributed by atoms with Crippen LogP contribution in [0.15, 0.2) is 34.9 Å². The Morgan fingerprint density at radius 2 is 2.20 bits per heavy atom. The number of carbonyl (C=O) groups excluding carboxylic acids is 1. The van der Waals surface area contributed by atoms with E-state index >= 15 is 0 Å². The van der Waals surface area contributed by atoms with Gasteiger partial charge in [0.25, 0.3) is 5.91 Å². The lowest BCUT2D eigenvalue weighted by atomic mass is 10.3. The third-order valence-electron chi connectivity index (χ3n) is 3.37. The molecule has 25 heavy (non-hydrogen) atoms. The lowest BCUT2D eigenvalue weighted by Gasteiger charge is -2.08. The number of thiazole rings is 1. The Kier molecular flexibility index (Phi) is 5.41. The standard InChI is InChI=1S/C16H14BrClN4O2S/c1-9-10(2)25-16(19-9)20-15(23)13-5-6-22(21-13)8-24-14-4-3-11(18)7-12(14)17/h3-7H,8H2,1-2H3,(H,19,20,23). The molecule has 6 nitrogen and oxygen atoms in total. The van der Waals surface area contributed by atoms with Crippen molar-refractivity contribution in [1.29, 1.82) is 0 Å². The summed E-state index contributed by atoms with van der Waals surface area (Å²) in [6.45, 7) is 4.04. The molecule has 2 heterocycles. The Morgan fingerprint density at radius 3 is 2.88 bits per heavy atom. The number of rotatable bonds is 5. The molecule has 0 aliphatic rings. The van der Waals surface area contributed by atoms with Crippen LogP contribution in [0.4, 0.5) is 5.13 Å². The first-order valence-electron chi connectivity index (χ1n) is 7.29. The van der Waals surface area contributed by atoms with E-state index in [2.05, 4.69) is 31.3 Å². The van der Waals surface area contributed by atoms with Crippen LogP contribution in [0.25, 0.3) is 0 Å². The zero-order chi connectivity index (χ0) is 18.0. The summed E-state index contributed by atoms with van der Waals surface area (Å²) in [4.78, 5) is 17.6. The summed E-state index contributed by atoms with van der Waals surface area (Å²) in [5, 5.41) is 8.15. The van der Waals surface area contributed by atoms with Gasteiger partial charge in [0.05, 0.1) is 10.2 Å². The normalized spacial score (nSPS) is 10.7. The third kappa shape index (κ3) is 4.39. The molecular formula is C16H14BrClN4O2S. The maximum absolute atomic E-state index is 12.2. The minimum absolute atomic E-state index is 0.170. The number of nitrogens with one attached hydrogen (secondary N) is 1. The number of anilines is 1. The molecule has 0 radical (unpaired) electrons. The molecule has 1 amide bonds. The number of hydrogen-bond donors (Lipinski definition) is 1. The Hall–Kier alpha value is -1.90. The zero-order valence-electron chi connectivity index (χ0n) is 13.4. The van der Waals surface area contributed by atoms with Gasteiger partial charge in [-0.05, 0) is 54.0 Å². The van der Waals surface area contributed by atoms with Crippen LogP contribution >= 0.6 is 38.9 Å². The highest BCUT2D eigenvalue weighted by atomic mass is 79.9. The zero-order valence-corrected chi connectivity index (χ0v) is 16.6. The van der Waals surface area contributed by atoms with Gasteiger partial charge >= 0.3 is 0 Å². The van der Waals surface area contributed by atoms with E-state index in [0.717, 1.165) is 15.0 Å². The van der Waals surface area contributed by atoms with Crippen molar-refractivity contribution in [1.82, 2.24) is 14.8 Å². The van der Waals surface area contributed by atoms with E-state index in [1.165, 1.54) is 16.0 Å². The molecule has 9 heteroatoms. The number of hydrogen-bond acceptors (Lipinski definition) is 5. The molecule has 1 aromatic carbocycles. The van der Waals surface area contributed by atoms with Crippen LogP contribution < -0.4 is 10.1 Å². The highest BCUT2D eigenvalue weighted by molar-refractivity contribution is 9.10. The van der Waals surface area contributed by atoms with Gasteiger partial charge in [0.1, 0.15) is 5.75 Å². The molecule has 3 aromatic rings. The summed E-state index contributed by atoms with van der Waals surface area (Å²) in [6.07, 6.45) is 1.68. The largest absolute Gasteiger partial charge is 0.470 e. The summed E-state index contributed by atoms with van der Waals surface area (Å²) >= 11 is 10.7. The van der Waals surface area contributed by atoms with Gasteiger partial charge in [-0.2, -0.15) is 5.10 Å². The first kappa shape index (κ1) is 17.9. The van der Waals surface area contributed by atoms with Gasteiger partial charge in [-0.25, -0.2) is 9.67 Å². The van der Waals surface area contributed by atoms with Crippen molar-refractivity contribution >= 4 is 49.9 Å². The van der Waals surface area contributed by atoms with Crippen molar-refractivity contribution in [2.75, 3.05) is 5.32 Å². The number of benzene rings is 1. The Balaban J connectivity index is 1.62. The lowest BCUT2D eigenvalue weighted by molar-refractivity contribution is 0.102. The summed E-state index contributed by atoms with van der Waals surface area (Å²) in [5.41, 5.74) is 1.21. The second kappa shape index (κ2) is 7.55. The third-order valence-corrected chi connectivity index (χ3v) is 5.21. The average Bonchev–Trinajstić information content (AvgIpc) is 3.14.